The van der Waals surface area contributed by atoms with Crippen molar-refractivity contribution in [3.63, 3.8) is 0 Å². The summed E-state index contributed by atoms with van der Waals surface area (Å²) in [4.78, 5) is 24.3. The second kappa shape index (κ2) is 10.6. The minimum absolute atomic E-state index is 0.0969. The van der Waals surface area contributed by atoms with Crippen LogP contribution in [-0.2, 0) is 20.7 Å². The molecule has 0 aliphatic heterocycles. The minimum Gasteiger partial charge on any atom is -0.466 e. The van der Waals surface area contributed by atoms with Crippen LogP contribution in [0.3, 0.4) is 0 Å². The quantitative estimate of drug-likeness (QED) is 0.627. The van der Waals surface area contributed by atoms with Crippen molar-refractivity contribution >= 4 is 12.1 Å². The van der Waals surface area contributed by atoms with Gasteiger partial charge in [-0.1, -0.05) is 61.5 Å². The predicted molar refractivity (Wildman–Crippen MR) is 115 cm³/mol. The first-order chi connectivity index (χ1) is 13.8. The van der Waals surface area contributed by atoms with Gasteiger partial charge in [0.05, 0.1) is 13.0 Å². The number of nitrogens with one attached hydrogen (secondary N) is 1. The fraction of sp³-hybridized carbons (Fsp3) is 0.417. The number of esters is 1. The van der Waals surface area contributed by atoms with Crippen LogP contribution < -0.4 is 5.32 Å². The molecule has 156 valence electrons. The molecule has 0 radical (unpaired) electrons. The minimum atomic E-state index is -0.602. The highest BCUT2D eigenvalue weighted by Gasteiger charge is 2.22. The summed E-state index contributed by atoms with van der Waals surface area (Å²) in [7, 11) is 0. The molecule has 2 aromatic rings. The van der Waals surface area contributed by atoms with E-state index in [2.05, 4.69) is 17.4 Å². The van der Waals surface area contributed by atoms with Gasteiger partial charge in [-0.2, -0.15) is 0 Å². The third-order valence-electron chi connectivity index (χ3n) is 4.14. The van der Waals surface area contributed by atoms with Crippen LogP contribution >= 0.6 is 0 Å². The Balaban J connectivity index is 2.07. The van der Waals surface area contributed by atoms with Crippen molar-refractivity contribution in [3.05, 3.63) is 60.2 Å². The van der Waals surface area contributed by atoms with Crippen LogP contribution in [0.5, 0.6) is 0 Å². The highest BCUT2D eigenvalue weighted by Crippen LogP contribution is 2.20. The van der Waals surface area contributed by atoms with E-state index in [1.54, 1.807) is 20.8 Å². The molecular formula is C24H31NO4. The molecule has 5 heteroatoms. The Morgan fingerprint density at radius 3 is 2.17 bits per heavy atom. The van der Waals surface area contributed by atoms with Crippen molar-refractivity contribution in [1.82, 2.24) is 5.32 Å². The Kier molecular flexibility index (Phi) is 8.25. The average molecular weight is 398 g/mol. The smallest absolute Gasteiger partial charge is 0.407 e. The Labute approximate surface area is 173 Å². The molecule has 29 heavy (non-hydrogen) atoms. The van der Waals surface area contributed by atoms with Crippen molar-refractivity contribution in [1.29, 1.82) is 0 Å². The average Bonchev–Trinajstić information content (AvgIpc) is 2.66. The van der Waals surface area contributed by atoms with Gasteiger partial charge in [0.2, 0.25) is 0 Å². The Morgan fingerprint density at radius 1 is 0.966 bits per heavy atom. The molecule has 0 aromatic heterocycles. The number of hydrogen-bond acceptors (Lipinski definition) is 4. The fourth-order valence-electron chi connectivity index (χ4n) is 2.87. The number of alkyl carbamates (subject to hydrolysis) is 1. The molecule has 0 aliphatic rings. The third-order valence-corrected chi connectivity index (χ3v) is 4.14. The van der Waals surface area contributed by atoms with Crippen LogP contribution in [0.15, 0.2) is 54.6 Å². The second-order valence-electron chi connectivity index (χ2n) is 8.03. The molecule has 0 saturated carbocycles. The van der Waals surface area contributed by atoms with Crippen molar-refractivity contribution in [2.24, 2.45) is 0 Å². The summed E-state index contributed by atoms with van der Waals surface area (Å²) in [6.07, 6.45) is 0.832. The maximum absolute atomic E-state index is 12.2. The molecule has 2 aromatic carbocycles. The molecule has 0 fully saturated rings. The molecule has 0 saturated heterocycles. The lowest BCUT2D eigenvalue weighted by Crippen LogP contribution is -2.41. The summed E-state index contributed by atoms with van der Waals surface area (Å²) in [6.45, 7) is 7.74. The Bertz CT molecular complexity index is 779. The number of hydrogen-bond donors (Lipinski definition) is 1. The van der Waals surface area contributed by atoms with Crippen LogP contribution in [0.1, 0.15) is 46.1 Å². The summed E-state index contributed by atoms with van der Waals surface area (Å²) < 4.78 is 10.5. The molecule has 0 bridgehead atoms. The van der Waals surface area contributed by atoms with E-state index in [9.17, 15) is 9.59 Å². The van der Waals surface area contributed by atoms with Gasteiger partial charge in [0.15, 0.2) is 0 Å². The van der Waals surface area contributed by atoms with Crippen molar-refractivity contribution < 1.29 is 19.1 Å². The SMILES string of the molecule is CCCOC(=O)C[C@@H](Cc1ccc(-c2ccccc2)cc1)NC(=O)OC(C)(C)C. The summed E-state index contributed by atoms with van der Waals surface area (Å²) in [5.74, 6) is -0.325. The predicted octanol–water partition coefficient (Wildman–Crippen LogP) is 5.13. The van der Waals surface area contributed by atoms with Crippen LogP contribution in [-0.4, -0.2) is 30.3 Å². The molecule has 0 aliphatic carbocycles. The lowest BCUT2D eigenvalue weighted by Gasteiger charge is -2.23. The molecule has 1 atom stereocenters. The summed E-state index contributed by atoms with van der Waals surface area (Å²) in [5, 5.41) is 2.81. The molecule has 0 unspecified atom stereocenters. The maximum Gasteiger partial charge on any atom is 0.407 e. The molecule has 0 spiro atoms. The fourth-order valence-corrected chi connectivity index (χ4v) is 2.87. The van der Waals surface area contributed by atoms with E-state index in [-0.39, 0.29) is 12.4 Å². The highest BCUT2D eigenvalue weighted by atomic mass is 16.6. The Morgan fingerprint density at radius 2 is 1.59 bits per heavy atom. The van der Waals surface area contributed by atoms with E-state index in [0.717, 1.165) is 23.1 Å². The van der Waals surface area contributed by atoms with Crippen LogP contribution in [0, 0.1) is 0 Å². The lowest BCUT2D eigenvalue weighted by atomic mass is 9.99. The van der Waals surface area contributed by atoms with Gasteiger partial charge in [0.25, 0.3) is 0 Å². The zero-order valence-electron chi connectivity index (χ0n) is 17.7. The molecule has 0 heterocycles. The molecule has 1 amide bonds. The van der Waals surface area contributed by atoms with Crippen molar-refractivity contribution in [2.75, 3.05) is 6.61 Å². The molecule has 2 rings (SSSR count). The lowest BCUT2D eigenvalue weighted by molar-refractivity contribution is -0.144. The van der Waals surface area contributed by atoms with E-state index in [1.807, 2.05) is 49.4 Å². The van der Waals surface area contributed by atoms with Crippen molar-refractivity contribution in [2.45, 2.75) is 58.6 Å². The maximum atomic E-state index is 12.2. The normalized spacial score (nSPS) is 12.1. The van der Waals surface area contributed by atoms with Crippen LogP contribution in [0.4, 0.5) is 4.79 Å². The van der Waals surface area contributed by atoms with Crippen molar-refractivity contribution in [3.8, 4) is 11.1 Å². The number of ether oxygens (including phenoxy) is 2. The number of rotatable bonds is 8. The zero-order valence-corrected chi connectivity index (χ0v) is 17.7. The third kappa shape index (κ3) is 8.38. The summed E-state index contributed by atoms with van der Waals surface area (Å²) in [5.41, 5.74) is 2.68. The van der Waals surface area contributed by atoms with E-state index < -0.39 is 17.7 Å². The van der Waals surface area contributed by atoms with Gasteiger partial charge in [0.1, 0.15) is 5.60 Å². The molecular weight excluding hydrogens is 366 g/mol. The van der Waals surface area contributed by atoms with Gasteiger partial charge in [-0.15, -0.1) is 0 Å². The molecule has 1 N–H and O–H groups in total. The number of carbonyl (C=O) groups excluding carboxylic acids is 2. The van der Waals surface area contributed by atoms with Gasteiger partial charge < -0.3 is 14.8 Å². The van der Waals surface area contributed by atoms with Crippen LogP contribution in [0.2, 0.25) is 0 Å². The molecule has 5 nitrogen and oxygen atoms in total. The van der Waals surface area contributed by atoms with Gasteiger partial charge >= 0.3 is 12.1 Å². The standard InChI is InChI=1S/C24H31NO4/c1-5-15-28-22(26)17-21(25-23(27)29-24(2,3)4)16-18-11-13-20(14-12-18)19-9-7-6-8-10-19/h6-14,21H,5,15-17H2,1-4H3,(H,25,27)/t21-/m1/s1. The van der Waals surface area contributed by atoms with Gasteiger partial charge in [-0.25, -0.2) is 4.79 Å². The van der Waals surface area contributed by atoms with Crippen LogP contribution in [0.25, 0.3) is 11.1 Å². The van der Waals surface area contributed by atoms with E-state index in [0.29, 0.717) is 13.0 Å². The highest BCUT2D eigenvalue weighted by molar-refractivity contribution is 5.73. The first-order valence-corrected chi connectivity index (χ1v) is 10.1. The van der Waals surface area contributed by atoms with Gasteiger partial charge in [0, 0.05) is 6.04 Å². The summed E-state index contributed by atoms with van der Waals surface area (Å²) >= 11 is 0. The summed E-state index contributed by atoms with van der Waals surface area (Å²) in [6, 6.07) is 17.8. The van der Waals surface area contributed by atoms with E-state index >= 15 is 0 Å². The first-order valence-electron chi connectivity index (χ1n) is 10.1. The zero-order chi connectivity index (χ0) is 21.3. The number of amides is 1. The first kappa shape index (κ1) is 22.5. The van der Waals surface area contributed by atoms with Gasteiger partial charge in [-0.05, 0) is 50.3 Å². The number of carbonyl (C=O) groups is 2. The largest absolute Gasteiger partial charge is 0.466 e. The Hall–Kier alpha value is -2.82. The van der Waals surface area contributed by atoms with Gasteiger partial charge in [-0.3, -0.25) is 4.79 Å². The van der Waals surface area contributed by atoms with E-state index in [1.165, 1.54) is 0 Å². The number of benzene rings is 2. The van der Waals surface area contributed by atoms with E-state index in [4.69, 9.17) is 9.47 Å². The topological polar surface area (TPSA) is 64.6 Å². The monoisotopic (exact) mass is 397 g/mol. The second-order valence-corrected chi connectivity index (χ2v) is 8.03.